The van der Waals surface area contributed by atoms with Crippen LogP contribution in [-0.4, -0.2) is 57.2 Å². The molecule has 1 fully saturated rings. The van der Waals surface area contributed by atoms with Gasteiger partial charge in [-0.25, -0.2) is 9.55 Å². The predicted octanol–water partition coefficient (Wildman–Crippen LogP) is 0.291. The van der Waals surface area contributed by atoms with E-state index in [9.17, 15) is 19.5 Å². The summed E-state index contributed by atoms with van der Waals surface area (Å²) in [7, 11) is 0. The first-order valence-electron chi connectivity index (χ1n) is 11.1. The number of halogens is 1. The van der Waals surface area contributed by atoms with E-state index in [4.69, 9.17) is 22.2 Å². The topological polar surface area (TPSA) is 154 Å². The van der Waals surface area contributed by atoms with E-state index >= 15 is 0 Å². The van der Waals surface area contributed by atoms with Gasteiger partial charge in [0.2, 0.25) is 0 Å². The first-order chi connectivity index (χ1) is 17.3. The van der Waals surface area contributed by atoms with E-state index in [-0.39, 0.29) is 33.2 Å². The lowest BCUT2D eigenvalue weighted by Gasteiger charge is -2.50. The second-order valence-electron chi connectivity index (χ2n) is 7.95. The van der Waals surface area contributed by atoms with Gasteiger partial charge < -0.3 is 25.8 Å². The number of carbonyl (C=O) groups excluding carboxylic acids is 3. The minimum atomic E-state index is -1.44. The Morgan fingerprint density at radius 3 is 2.78 bits per heavy atom. The number of nitrogens with zero attached hydrogens (tertiary/aromatic N) is 4. The van der Waals surface area contributed by atoms with Gasteiger partial charge in [0, 0.05) is 23.5 Å². The molecule has 2 aromatic rings. The van der Waals surface area contributed by atoms with Crippen LogP contribution in [0.2, 0.25) is 4.34 Å². The zero-order valence-electron chi connectivity index (χ0n) is 19.2. The number of fused-ring (bicyclic) bond motifs is 1. The summed E-state index contributed by atoms with van der Waals surface area (Å²) in [4.78, 5) is 48.6. The number of carbonyl (C=O) groups is 3. The first kappa shape index (κ1) is 25.9. The van der Waals surface area contributed by atoms with Crippen LogP contribution in [0.25, 0.3) is 0 Å². The Balaban J connectivity index is 1.53. The number of carboxylic acid groups (broad SMARTS) is 1. The number of nitrogens with one attached hydrogen (secondary N) is 1. The van der Waals surface area contributed by atoms with E-state index in [0.29, 0.717) is 17.9 Å². The van der Waals surface area contributed by atoms with Crippen molar-refractivity contribution in [3.05, 3.63) is 51.9 Å². The summed E-state index contributed by atoms with van der Waals surface area (Å²) in [5.41, 5.74) is 5.92. The molecule has 190 valence electrons. The average Bonchev–Trinajstić information content (AvgIpc) is 3.19. The molecule has 4 rings (SSSR count). The summed E-state index contributed by atoms with van der Waals surface area (Å²) in [6, 6.07) is 4.53. The van der Waals surface area contributed by atoms with Gasteiger partial charge in [-0.15, -0.1) is 11.8 Å². The second-order valence-corrected chi connectivity index (χ2v) is 10.7. The molecule has 0 unspecified atom stereocenters. The molecule has 2 aliphatic rings. The molecule has 11 nitrogen and oxygen atoms in total. The number of hydrogen-bond donors (Lipinski definition) is 2. The summed E-state index contributed by atoms with van der Waals surface area (Å²) >= 11 is 8.51. The highest BCUT2D eigenvalue weighted by atomic mass is 35.5. The van der Waals surface area contributed by atoms with Crippen LogP contribution < -0.4 is 20.7 Å². The third kappa shape index (κ3) is 5.32. The van der Waals surface area contributed by atoms with Crippen molar-refractivity contribution < 1.29 is 28.9 Å². The number of thioether (sulfide) groups is 1. The largest absolute Gasteiger partial charge is 0.543 e. The van der Waals surface area contributed by atoms with Crippen molar-refractivity contribution in [2.75, 3.05) is 18.1 Å². The van der Waals surface area contributed by atoms with Gasteiger partial charge >= 0.3 is 0 Å². The van der Waals surface area contributed by atoms with Crippen molar-refractivity contribution in [3.63, 3.8) is 0 Å². The number of thiazole rings is 1. The first-order valence-corrected chi connectivity index (χ1v) is 13.3. The maximum atomic E-state index is 13.1. The van der Waals surface area contributed by atoms with E-state index in [2.05, 4.69) is 15.5 Å². The molecule has 2 amide bonds. The molecule has 3 N–H and O–H groups in total. The molecule has 4 heterocycles. The fourth-order valence-electron chi connectivity index (χ4n) is 3.74. The summed E-state index contributed by atoms with van der Waals surface area (Å²) in [6.07, 6.45) is 5.20. The molecule has 1 saturated heterocycles. The Labute approximate surface area is 220 Å². The number of nitrogens with two attached hydrogens (primary N) is 1. The molecule has 2 aliphatic heterocycles. The Bertz CT molecular complexity index is 1230. The highest BCUT2D eigenvalue weighted by molar-refractivity contribution is 8.00. The van der Waals surface area contributed by atoms with Crippen LogP contribution in [0, 0.1) is 0 Å². The zero-order chi connectivity index (χ0) is 25.8. The number of aliphatic carboxylic acids is 1. The van der Waals surface area contributed by atoms with Gasteiger partial charge in [-0.2, -0.15) is 0 Å². The minimum absolute atomic E-state index is 0.0468. The van der Waals surface area contributed by atoms with Crippen LogP contribution in [0.4, 0.5) is 5.13 Å². The lowest BCUT2D eigenvalue weighted by molar-refractivity contribution is -0.689. The van der Waals surface area contributed by atoms with Crippen LogP contribution in [0.5, 0.6) is 0 Å². The highest BCUT2D eigenvalue weighted by Crippen LogP contribution is 2.40. The number of anilines is 1. The van der Waals surface area contributed by atoms with Crippen molar-refractivity contribution in [2.45, 2.75) is 37.7 Å². The average molecular weight is 551 g/mol. The van der Waals surface area contributed by atoms with Crippen molar-refractivity contribution in [1.29, 1.82) is 0 Å². The van der Waals surface area contributed by atoms with E-state index in [0.717, 1.165) is 29.1 Å². The lowest BCUT2D eigenvalue weighted by Crippen LogP contribution is -2.71. The van der Waals surface area contributed by atoms with E-state index in [1.165, 1.54) is 11.8 Å². The van der Waals surface area contributed by atoms with Crippen LogP contribution in [0.1, 0.15) is 25.5 Å². The number of unbranched alkanes of at least 4 members (excludes halogenated alkanes) is 1. The van der Waals surface area contributed by atoms with Gasteiger partial charge in [0.15, 0.2) is 29.8 Å². The quantitative estimate of drug-likeness (QED) is 0.141. The van der Waals surface area contributed by atoms with E-state index in [1.54, 1.807) is 12.4 Å². The van der Waals surface area contributed by atoms with Crippen molar-refractivity contribution >= 4 is 63.3 Å². The third-order valence-corrected chi connectivity index (χ3v) is 7.89. The Hall–Kier alpha value is -3.16. The minimum Gasteiger partial charge on any atom is -0.543 e. The maximum Gasteiger partial charge on any atom is 0.276 e. The molecule has 0 spiro atoms. The smallest absolute Gasteiger partial charge is 0.276 e. The summed E-state index contributed by atoms with van der Waals surface area (Å²) in [5.74, 6) is -2.39. The number of aromatic nitrogens is 2. The SMILES string of the molecule is CCCCO/N=C(\C(=O)N[C@@H]1C(=O)N2C(C(=O)[O-])=C(C[n+]3ccccc3)CS[C@H]12)c1nc(N)sc1Cl. The number of amides is 2. The van der Waals surface area contributed by atoms with E-state index in [1.807, 2.05) is 29.7 Å². The molecular weight excluding hydrogens is 528 g/mol. The molecule has 0 radical (unpaired) electrons. The van der Waals surface area contributed by atoms with Gasteiger partial charge in [-0.05, 0) is 6.42 Å². The maximum absolute atomic E-state index is 13.1. The van der Waals surface area contributed by atoms with Gasteiger partial charge in [0.1, 0.15) is 28.1 Å². The lowest BCUT2D eigenvalue weighted by atomic mass is 10.0. The molecule has 36 heavy (non-hydrogen) atoms. The molecule has 2 atom stereocenters. The molecule has 2 aromatic heterocycles. The summed E-state index contributed by atoms with van der Waals surface area (Å²) in [5, 5.41) is 18.1. The van der Waals surface area contributed by atoms with Gasteiger partial charge in [-0.3, -0.25) is 14.5 Å². The molecule has 0 aliphatic carbocycles. The van der Waals surface area contributed by atoms with Crippen LogP contribution in [-0.2, 0) is 25.8 Å². The summed E-state index contributed by atoms with van der Waals surface area (Å²) in [6.45, 7) is 2.55. The Kier molecular flexibility index (Phi) is 8.11. The molecule has 14 heteroatoms. The Morgan fingerprint density at radius 1 is 1.39 bits per heavy atom. The van der Waals surface area contributed by atoms with E-state index < -0.39 is 29.2 Å². The number of β-lactam (4-membered cyclic amide) rings is 1. The van der Waals surface area contributed by atoms with Gasteiger partial charge in [-0.1, -0.05) is 47.5 Å². The van der Waals surface area contributed by atoms with Crippen molar-refractivity contribution in [1.82, 2.24) is 15.2 Å². The number of nitrogen functional groups attached to an aromatic ring is 1. The highest BCUT2D eigenvalue weighted by Gasteiger charge is 2.53. The molecular formula is C22H23ClN6O5S2. The van der Waals surface area contributed by atoms with Crippen molar-refractivity contribution in [2.24, 2.45) is 5.16 Å². The number of rotatable bonds is 10. The Morgan fingerprint density at radius 2 is 2.14 bits per heavy atom. The molecule has 0 saturated carbocycles. The zero-order valence-corrected chi connectivity index (χ0v) is 21.6. The molecule has 0 bridgehead atoms. The van der Waals surface area contributed by atoms with Crippen LogP contribution in [0.3, 0.4) is 0 Å². The third-order valence-electron chi connectivity index (χ3n) is 5.46. The summed E-state index contributed by atoms with van der Waals surface area (Å²) < 4.78 is 1.96. The fourth-order valence-corrected chi connectivity index (χ4v) is 6.00. The van der Waals surface area contributed by atoms with Crippen LogP contribution in [0.15, 0.2) is 47.0 Å². The molecule has 0 aromatic carbocycles. The van der Waals surface area contributed by atoms with Gasteiger partial charge in [0.25, 0.3) is 11.8 Å². The van der Waals surface area contributed by atoms with Crippen molar-refractivity contribution in [3.8, 4) is 0 Å². The number of carboxylic acids is 1. The number of hydrogen-bond acceptors (Lipinski definition) is 10. The van der Waals surface area contributed by atoms with Gasteiger partial charge in [0.05, 0.1) is 11.7 Å². The predicted molar refractivity (Wildman–Crippen MR) is 133 cm³/mol. The monoisotopic (exact) mass is 550 g/mol. The fraction of sp³-hybridized carbons (Fsp3) is 0.364. The number of pyridine rings is 1. The van der Waals surface area contributed by atoms with Crippen LogP contribution >= 0.6 is 34.7 Å². The standard InChI is InChI=1S/C22H23ClN6O5S2/c1-2-3-9-34-27-14(13-17(23)36-22(24)26-13)18(30)25-15-19(31)29-16(21(32)33)12(11-35-20(15)29)10-28-7-5-4-6-8-28/h4-8,15,20H,2-3,9-11H2,1H3,(H3-,24,25,26,30,32,33)/b27-14-/t15-,20-/m1/s1. The number of oxime groups is 1. The second kappa shape index (κ2) is 11.3. The normalized spacial score (nSPS) is 19.6.